The van der Waals surface area contributed by atoms with Crippen LogP contribution in [-0.2, 0) is 0 Å². The Balaban J connectivity index is 2.45. The largest absolute Gasteiger partial charge is 0.261 e. The van der Waals surface area contributed by atoms with Crippen LogP contribution in [0.15, 0.2) is 18.6 Å². The molecule has 0 aromatic carbocycles. The molecule has 0 saturated carbocycles. The van der Waals surface area contributed by atoms with Crippen molar-refractivity contribution in [1.29, 1.82) is 0 Å². The minimum absolute atomic E-state index is 0.650. The van der Waals surface area contributed by atoms with Crippen molar-refractivity contribution in [1.82, 2.24) is 19.3 Å². The van der Waals surface area contributed by atoms with E-state index in [-0.39, 0.29) is 0 Å². The van der Waals surface area contributed by atoms with Crippen LogP contribution in [0.4, 0.5) is 0 Å². The highest BCUT2D eigenvalue weighted by atomic mass is 127. The Bertz CT molecular complexity index is 374. The summed E-state index contributed by atoms with van der Waals surface area (Å²) in [6.07, 6.45) is 4.90. The minimum Gasteiger partial charge on any atom is -0.261 e. The molecular formula is C6H3IN4S. The van der Waals surface area contributed by atoms with E-state index >= 15 is 0 Å². The highest BCUT2D eigenvalue weighted by Gasteiger charge is 2.04. The standard InChI is InChI=1S/C6H3IN4S/c7-6-10-5(11-12-6)4-3-8-1-2-9-4/h1-3H. The number of nitrogens with zero attached hydrogens (tertiary/aromatic N) is 4. The van der Waals surface area contributed by atoms with Crippen molar-refractivity contribution in [2.45, 2.75) is 0 Å². The van der Waals surface area contributed by atoms with Crippen LogP contribution < -0.4 is 0 Å². The van der Waals surface area contributed by atoms with Crippen molar-refractivity contribution in [3.05, 3.63) is 21.6 Å². The van der Waals surface area contributed by atoms with Crippen LogP contribution in [0.1, 0.15) is 0 Å². The molecule has 2 aromatic heterocycles. The van der Waals surface area contributed by atoms with Gasteiger partial charge in [-0.25, -0.2) is 9.97 Å². The molecule has 0 fully saturated rings. The van der Waals surface area contributed by atoms with Gasteiger partial charge in [0.1, 0.15) is 5.69 Å². The van der Waals surface area contributed by atoms with E-state index in [2.05, 4.69) is 41.9 Å². The van der Waals surface area contributed by atoms with Gasteiger partial charge in [0.2, 0.25) is 0 Å². The van der Waals surface area contributed by atoms with Crippen molar-refractivity contribution >= 4 is 34.1 Å². The third-order valence-corrected chi connectivity index (χ3v) is 2.53. The lowest BCUT2D eigenvalue weighted by Gasteiger charge is -1.89. The molecule has 0 saturated heterocycles. The number of aromatic nitrogens is 4. The second-order valence-corrected chi connectivity index (χ2v) is 4.47. The average molecular weight is 290 g/mol. The van der Waals surface area contributed by atoms with Crippen molar-refractivity contribution < 1.29 is 0 Å². The Hall–Kier alpha value is -0.630. The van der Waals surface area contributed by atoms with Gasteiger partial charge >= 0.3 is 0 Å². The zero-order valence-electron chi connectivity index (χ0n) is 5.81. The second-order valence-electron chi connectivity index (χ2n) is 1.96. The molecule has 12 heavy (non-hydrogen) atoms. The van der Waals surface area contributed by atoms with E-state index in [1.165, 1.54) is 11.5 Å². The Labute approximate surface area is 86.4 Å². The van der Waals surface area contributed by atoms with Crippen molar-refractivity contribution in [2.75, 3.05) is 0 Å². The van der Waals surface area contributed by atoms with Crippen LogP contribution in [0.3, 0.4) is 0 Å². The smallest absolute Gasteiger partial charge is 0.194 e. The first-order chi connectivity index (χ1) is 5.86. The molecule has 60 valence electrons. The van der Waals surface area contributed by atoms with E-state index in [1.54, 1.807) is 18.6 Å². The Morgan fingerprint density at radius 1 is 1.33 bits per heavy atom. The Morgan fingerprint density at radius 3 is 2.83 bits per heavy atom. The molecule has 0 N–H and O–H groups in total. The van der Waals surface area contributed by atoms with Crippen LogP contribution in [0.2, 0.25) is 0 Å². The summed E-state index contributed by atoms with van der Waals surface area (Å²) < 4.78 is 5.02. The summed E-state index contributed by atoms with van der Waals surface area (Å²) in [5.41, 5.74) is 0.719. The van der Waals surface area contributed by atoms with Crippen molar-refractivity contribution in [2.24, 2.45) is 0 Å². The van der Waals surface area contributed by atoms with Gasteiger partial charge in [-0.05, 0) is 34.1 Å². The summed E-state index contributed by atoms with van der Waals surface area (Å²) in [5, 5.41) is 0. The highest BCUT2D eigenvalue weighted by Crippen LogP contribution is 2.15. The highest BCUT2D eigenvalue weighted by molar-refractivity contribution is 14.1. The topological polar surface area (TPSA) is 51.6 Å². The summed E-state index contributed by atoms with van der Waals surface area (Å²) in [6.45, 7) is 0. The van der Waals surface area contributed by atoms with Crippen LogP contribution in [0.25, 0.3) is 11.5 Å². The first-order valence-corrected chi connectivity index (χ1v) is 4.97. The zero-order valence-corrected chi connectivity index (χ0v) is 8.78. The third-order valence-electron chi connectivity index (χ3n) is 1.19. The summed E-state index contributed by atoms with van der Waals surface area (Å²) in [4.78, 5) is 12.2. The van der Waals surface area contributed by atoms with Gasteiger partial charge < -0.3 is 0 Å². The van der Waals surface area contributed by atoms with Crippen LogP contribution >= 0.6 is 34.1 Å². The number of halogens is 1. The first kappa shape index (κ1) is 7.99. The molecule has 0 bridgehead atoms. The van der Waals surface area contributed by atoms with Crippen molar-refractivity contribution in [3.8, 4) is 11.5 Å². The molecule has 0 aliphatic carbocycles. The molecule has 2 rings (SSSR count). The first-order valence-electron chi connectivity index (χ1n) is 3.12. The molecule has 4 nitrogen and oxygen atoms in total. The maximum absolute atomic E-state index is 4.17. The molecule has 0 amide bonds. The van der Waals surface area contributed by atoms with Gasteiger partial charge in [-0.2, -0.15) is 4.37 Å². The van der Waals surface area contributed by atoms with Gasteiger partial charge in [-0.1, -0.05) is 0 Å². The SMILES string of the molecule is Ic1nc(-c2cnccn2)ns1. The lowest BCUT2D eigenvalue weighted by Crippen LogP contribution is -1.85. The van der Waals surface area contributed by atoms with Gasteiger partial charge in [0.15, 0.2) is 8.84 Å². The predicted molar refractivity (Wildman–Crippen MR) is 53.7 cm³/mol. The fraction of sp³-hybridized carbons (Fsp3) is 0. The van der Waals surface area contributed by atoms with Crippen LogP contribution in [0, 0.1) is 3.01 Å². The van der Waals surface area contributed by atoms with E-state index in [9.17, 15) is 0 Å². The van der Waals surface area contributed by atoms with Gasteiger partial charge in [-0.15, -0.1) is 0 Å². The predicted octanol–water partition coefficient (Wildman–Crippen LogP) is 1.60. The van der Waals surface area contributed by atoms with Gasteiger partial charge in [0.05, 0.1) is 6.20 Å². The summed E-state index contributed by atoms with van der Waals surface area (Å²) >= 11 is 3.48. The minimum atomic E-state index is 0.650. The average Bonchev–Trinajstić information content (AvgIpc) is 2.54. The van der Waals surface area contributed by atoms with Crippen molar-refractivity contribution in [3.63, 3.8) is 0 Å². The van der Waals surface area contributed by atoms with E-state index in [4.69, 9.17) is 0 Å². The van der Waals surface area contributed by atoms with Gasteiger partial charge in [-0.3, -0.25) is 4.98 Å². The molecule has 0 aliphatic heterocycles. The maximum atomic E-state index is 4.17. The van der Waals surface area contributed by atoms with E-state index < -0.39 is 0 Å². The molecule has 0 atom stereocenters. The lowest BCUT2D eigenvalue weighted by molar-refractivity contribution is 1.16. The second kappa shape index (κ2) is 3.40. The quantitative estimate of drug-likeness (QED) is 0.749. The molecule has 0 radical (unpaired) electrons. The molecule has 0 unspecified atom stereocenters. The van der Waals surface area contributed by atoms with E-state index in [1.807, 2.05) is 0 Å². The van der Waals surface area contributed by atoms with E-state index in [0.29, 0.717) is 5.82 Å². The molecule has 2 aromatic rings. The zero-order chi connectivity index (χ0) is 8.39. The number of hydrogen-bond donors (Lipinski definition) is 0. The molecule has 6 heteroatoms. The van der Waals surface area contributed by atoms with Gasteiger partial charge in [0.25, 0.3) is 0 Å². The molecular weight excluding hydrogens is 287 g/mol. The normalized spacial score (nSPS) is 10.1. The maximum Gasteiger partial charge on any atom is 0.194 e. The molecule has 0 spiro atoms. The molecule has 0 aliphatic rings. The fourth-order valence-electron chi connectivity index (χ4n) is 0.724. The Kier molecular flexibility index (Phi) is 2.26. The summed E-state index contributed by atoms with van der Waals surface area (Å²) in [7, 11) is 0. The monoisotopic (exact) mass is 290 g/mol. The number of rotatable bonds is 1. The summed E-state index contributed by atoms with van der Waals surface area (Å²) in [6, 6.07) is 0. The lowest BCUT2D eigenvalue weighted by atomic mass is 10.4. The number of hydrogen-bond acceptors (Lipinski definition) is 5. The summed E-state index contributed by atoms with van der Waals surface area (Å²) in [5.74, 6) is 0.650. The van der Waals surface area contributed by atoms with Gasteiger partial charge in [0, 0.05) is 12.4 Å². The third kappa shape index (κ3) is 1.58. The fourth-order valence-corrected chi connectivity index (χ4v) is 1.67. The van der Waals surface area contributed by atoms with E-state index in [0.717, 1.165) is 8.71 Å². The molecule has 2 heterocycles. The Morgan fingerprint density at radius 2 is 2.25 bits per heavy atom. The van der Waals surface area contributed by atoms with Crippen LogP contribution in [0.5, 0.6) is 0 Å². The van der Waals surface area contributed by atoms with Crippen LogP contribution in [-0.4, -0.2) is 19.3 Å².